The number of anilines is 1. The summed E-state index contributed by atoms with van der Waals surface area (Å²) in [5, 5.41) is 12.0. The molecule has 0 aliphatic heterocycles. The Kier molecular flexibility index (Phi) is 4.95. The van der Waals surface area contributed by atoms with Gasteiger partial charge in [0.15, 0.2) is 10.6 Å². The third kappa shape index (κ3) is 3.88. The topological polar surface area (TPSA) is 80.5 Å². The Hall–Kier alpha value is -3.04. The van der Waals surface area contributed by atoms with E-state index in [1.807, 2.05) is 57.1 Å². The van der Waals surface area contributed by atoms with Gasteiger partial charge < -0.3 is 9.88 Å². The molecule has 0 radical (unpaired) electrons. The van der Waals surface area contributed by atoms with E-state index in [4.69, 9.17) is 12.2 Å². The standard InChI is InChI=1S/C18H16N6OS2/c25-16(20-13-3-5-14(6-4-13)23-10-8-19-12-23)7-9-24-17(21-22-18(24)26)15-2-1-11-27-15/h1-6,8,10-12H,7,9H2,(H,20,25)(H,22,26). The van der Waals surface area contributed by atoms with Crippen molar-refractivity contribution in [3.63, 3.8) is 0 Å². The van der Waals surface area contributed by atoms with Gasteiger partial charge >= 0.3 is 0 Å². The van der Waals surface area contributed by atoms with Crippen molar-refractivity contribution < 1.29 is 4.79 Å². The van der Waals surface area contributed by atoms with Crippen LogP contribution in [0.15, 0.2) is 60.5 Å². The summed E-state index contributed by atoms with van der Waals surface area (Å²) < 4.78 is 4.26. The fraction of sp³-hybridized carbons (Fsp3) is 0.111. The van der Waals surface area contributed by atoms with E-state index in [0.717, 1.165) is 22.1 Å². The van der Waals surface area contributed by atoms with E-state index in [0.29, 0.717) is 17.7 Å². The van der Waals surface area contributed by atoms with Crippen LogP contribution < -0.4 is 5.32 Å². The van der Waals surface area contributed by atoms with Crippen LogP contribution in [0.5, 0.6) is 0 Å². The van der Waals surface area contributed by atoms with Crippen LogP contribution in [-0.2, 0) is 11.3 Å². The first-order valence-electron chi connectivity index (χ1n) is 8.28. The predicted octanol–water partition coefficient (Wildman–Crippen LogP) is 3.88. The summed E-state index contributed by atoms with van der Waals surface area (Å²) in [6, 6.07) is 11.5. The van der Waals surface area contributed by atoms with Crippen molar-refractivity contribution in [3.8, 4) is 16.4 Å². The van der Waals surface area contributed by atoms with Crippen molar-refractivity contribution in [2.45, 2.75) is 13.0 Å². The molecule has 0 saturated carbocycles. The third-order valence-corrected chi connectivity index (χ3v) is 5.19. The van der Waals surface area contributed by atoms with Gasteiger partial charge in [-0.15, -0.1) is 11.3 Å². The highest BCUT2D eigenvalue weighted by atomic mass is 32.1. The first-order chi connectivity index (χ1) is 13.2. The Labute approximate surface area is 164 Å². The Morgan fingerprint density at radius 3 is 2.81 bits per heavy atom. The molecule has 0 bridgehead atoms. The number of carbonyl (C=O) groups is 1. The molecular weight excluding hydrogens is 380 g/mol. The molecule has 27 heavy (non-hydrogen) atoms. The molecule has 0 fully saturated rings. The second kappa shape index (κ2) is 7.68. The zero-order valence-electron chi connectivity index (χ0n) is 14.2. The molecule has 0 spiro atoms. The number of thiophene rings is 1. The molecule has 1 amide bonds. The minimum atomic E-state index is -0.0781. The Morgan fingerprint density at radius 2 is 2.11 bits per heavy atom. The van der Waals surface area contributed by atoms with Gasteiger partial charge in [-0.05, 0) is 47.9 Å². The smallest absolute Gasteiger partial charge is 0.226 e. The number of aromatic amines is 1. The number of aromatic nitrogens is 5. The van der Waals surface area contributed by atoms with Crippen LogP contribution in [0.2, 0.25) is 0 Å². The maximum absolute atomic E-state index is 12.3. The van der Waals surface area contributed by atoms with E-state index in [2.05, 4.69) is 20.5 Å². The molecule has 3 aromatic heterocycles. The summed E-state index contributed by atoms with van der Waals surface area (Å²) in [4.78, 5) is 17.4. The SMILES string of the molecule is O=C(CCn1c(-c2cccs2)n[nH]c1=S)Nc1ccc(-n2ccnc2)cc1. The zero-order chi connectivity index (χ0) is 18.6. The van der Waals surface area contributed by atoms with Crippen molar-refractivity contribution >= 4 is 35.1 Å². The monoisotopic (exact) mass is 396 g/mol. The van der Waals surface area contributed by atoms with Gasteiger partial charge in [0.1, 0.15) is 0 Å². The second-order valence-corrected chi connectivity index (χ2v) is 7.13. The van der Waals surface area contributed by atoms with E-state index >= 15 is 0 Å². The van der Waals surface area contributed by atoms with Crippen LogP contribution in [0.1, 0.15) is 6.42 Å². The molecule has 0 saturated heterocycles. The van der Waals surface area contributed by atoms with Crippen LogP contribution in [0.3, 0.4) is 0 Å². The number of carbonyl (C=O) groups excluding carboxylic acids is 1. The Bertz CT molecular complexity index is 1080. The molecular formula is C18H16N6OS2. The molecule has 7 nitrogen and oxygen atoms in total. The van der Waals surface area contributed by atoms with Crippen LogP contribution in [-0.4, -0.2) is 30.2 Å². The van der Waals surface area contributed by atoms with E-state index in [-0.39, 0.29) is 5.91 Å². The van der Waals surface area contributed by atoms with Gasteiger partial charge in [0.05, 0.1) is 11.2 Å². The molecule has 0 unspecified atom stereocenters. The lowest BCUT2D eigenvalue weighted by Gasteiger charge is -2.08. The number of nitrogens with one attached hydrogen (secondary N) is 2. The summed E-state index contributed by atoms with van der Waals surface area (Å²) in [5.74, 6) is 0.679. The van der Waals surface area contributed by atoms with Crippen LogP contribution in [0.4, 0.5) is 5.69 Å². The average molecular weight is 397 g/mol. The van der Waals surface area contributed by atoms with E-state index in [1.54, 1.807) is 23.9 Å². The van der Waals surface area contributed by atoms with Gasteiger partial charge in [-0.3, -0.25) is 14.5 Å². The highest BCUT2D eigenvalue weighted by Crippen LogP contribution is 2.23. The number of imidazole rings is 1. The van der Waals surface area contributed by atoms with Crippen molar-refractivity contribution in [1.29, 1.82) is 0 Å². The first kappa shape index (κ1) is 17.4. The van der Waals surface area contributed by atoms with Gasteiger partial charge in [-0.25, -0.2) is 4.98 Å². The number of rotatable bonds is 6. The van der Waals surface area contributed by atoms with Crippen LogP contribution in [0, 0.1) is 4.77 Å². The lowest BCUT2D eigenvalue weighted by Crippen LogP contribution is -2.15. The summed E-state index contributed by atoms with van der Waals surface area (Å²) in [7, 11) is 0. The van der Waals surface area contributed by atoms with Crippen LogP contribution >= 0.6 is 23.6 Å². The number of H-pyrrole nitrogens is 1. The summed E-state index contributed by atoms with van der Waals surface area (Å²) >= 11 is 6.88. The second-order valence-electron chi connectivity index (χ2n) is 5.80. The Morgan fingerprint density at radius 1 is 1.26 bits per heavy atom. The first-order valence-corrected chi connectivity index (χ1v) is 9.57. The number of amides is 1. The fourth-order valence-corrected chi connectivity index (χ4v) is 3.63. The number of hydrogen-bond acceptors (Lipinski definition) is 5. The summed E-state index contributed by atoms with van der Waals surface area (Å²) in [6.45, 7) is 0.460. The highest BCUT2D eigenvalue weighted by molar-refractivity contribution is 7.71. The normalized spacial score (nSPS) is 10.8. The molecule has 3 heterocycles. The minimum Gasteiger partial charge on any atom is -0.326 e. The van der Waals surface area contributed by atoms with Crippen molar-refractivity contribution in [2.75, 3.05) is 5.32 Å². The van der Waals surface area contributed by atoms with Gasteiger partial charge in [-0.1, -0.05) is 6.07 Å². The number of hydrogen-bond donors (Lipinski definition) is 2. The molecule has 9 heteroatoms. The summed E-state index contributed by atoms with van der Waals surface area (Å²) in [5.41, 5.74) is 1.73. The van der Waals surface area contributed by atoms with Crippen molar-refractivity contribution in [1.82, 2.24) is 24.3 Å². The molecule has 4 rings (SSSR count). The maximum Gasteiger partial charge on any atom is 0.226 e. The number of benzene rings is 1. The van der Waals surface area contributed by atoms with Gasteiger partial charge in [0, 0.05) is 36.7 Å². The largest absolute Gasteiger partial charge is 0.326 e. The summed E-state index contributed by atoms with van der Waals surface area (Å²) in [6.07, 6.45) is 5.62. The predicted molar refractivity (Wildman–Crippen MR) is 108 cm³/mol. The van der Waals surface area contributed by atoms with Crippen LogP contribution in [0.25, 0.3) is 16.4 Å². The quantitative estimate of drug-likeness (QED) is 0.485. The van der Waals surface area contributed by atoms with E-state index in [1.165, 1.54) is 0 Å². The van der Waals surface area contributed by atoms with Gasteiger partial charge in [0.2, 0.25) is 5.91 Å². The molecule has 4 aromatic rings. The van der Waals surface area contributed by atoms with Gasteiger partial charge in [0.25, 0.3) is 0 Å². The maximum atomic E-state index is 12.3. The molecule has 2 N–H and O–H groups in total. The average Bonchev–Trinajstić information content (AvgIpc) is 3.43. The van der Waals surface area contributed by atoms with E-state index < -0.39 is 0 Å². The zero-order valence-corrected chi connectivity index (χ0v) is 15.8. The lowest BCUT2D eigenvalue weighted by molar-refractivity contribution is -0.116. The van der Waals surface area contributed by atoms with Crippen molar-refractivity contribution in [2.24, 2.45) is 0 Å². The third-order valence-electron chi connectivity index (χ3n) is 4.02. The molecule has 1 aromatic carbocycles. The molecule has 0 atom stereocenters. The Balaban J connectivity index is 1.39. The molecule has 136 valence electrons. The molecule has 0 aliphatic rings. The van der Waals surface area contributed by atoms with Crippen molar-refractivity contribution in [3.05, 3.63) is 65.3 Å². The van der Waals surface area contributed by atoms with E-state index in [9.17, 15) is 4.79 Å². The van der Waals surface area contributed by atoms with Gasteiger partial charge in [-0.2, -0.15) is 5.10 Å². The number of nitrogens with zero attached hydrogens (tertiary/aromatic N) is 4. The fourth-order valence-electron chi connectivity index (χ4n) is 2.68. The molecule has 0 aliphatic carbocycles. The highest BCUT2D eigenvalue weighted by Gasteiger charge is 2.11. The lowest BCUT2D eigenvalue weighted by atomic mass is 10.2. The minimum absolute atomic E-state index is 0.0781.